The third-order valence-corrected chi connectivity index (χ3v) is 8.61. The van der Waals surface area contributed by atoms with Crippen LogP contribution in [0.3, 0.4) is 0 Å². The SMILES string of the molecule is CC[C@@]1(O)CC[C@@]2(Cc3ccccc3)c3ccc(C(=O)Nc4cc(C)nn4C)cc3CCC[C@H]2C1. The first-order chi connectivity index (χ1) is 16.8. The van der Waals surface area contributed by atoms with E-state index in [0.29, 0.717) is 17.3 Å². The molecule has 5 nitrogen and oxygen atoms in total. The van der Waals surface area contributed by atoms with Crippen molar-refractivity contribution in [3.05, 3.63) is 82.5 Å². The Hall–Kier alpha value is -2.92. The molecule has 0 bridgehead atoms. The maximum atomic E-state index is 13.1. The largest absolute Gasteiger partial charge is 0.390 e. The van der Waals surface area contributed by atoms with Gasteiger partial charge >= 0.3 is 0 Å². The minimum absolute atomic E-state index is 0.0112. The summed E-state index contributed by atoms with van der Waals surface area (Å²) in [5.41, 5.74) is 5.02. The van der Waals surface area contributed by atoms with Gasteiger partial charge in [0.1, 0.15) is 5.82 Å². The highest BCUT2D eigenvalue weighted by atomic mass is 16.3. The van der Waals surface area contributed by atoms with Crippen molar-refractivity contribution in [2.24, 2.45) is 13.0 Å². The van der Waals surface area contributed by atoms with E-state index in [1.165, 1.54) is 16.7 Å². The van der Waals surface area contributed by atoms with Crippen molar-refractivity contribution in [3.8, 4) is 0 Å². The molecule has 0 radical (unpaired) electrons. The summed E-state index contributed by atoms with van der Waals surface area (Å²) < 4.78 is 1.70. The second-order valence-electron chi connectivity index (χ2n) is 10.8. The Morgan fingerprint density at radius 1 is 1.17 bits per heavy atom. The molecule has 35 heavy (non-hydrogen) atoms. The van der Waals surface area contributed by atoms with Gasteiger partial charge in [-0.3, -0.25) is 9.48 Å². The second-order valence-corrected chi connectivity index (χ2v) is 10.8. The van der Waals surface area contributed by atoms with Crippen molar-refractivity contribution in [2.75, 3.05) is 5.32 Å². The molecule has 0 aliphatic heterocycles. The average molecular weight is 472 g/mol. The molecule has 3 atom stereocenters. The van der Waals surface area contributed by atoms with Crippen LogP contribution in [0.25, 0.3) is 0 Å². The van der Waals surface area contributed by atoms with Crippen LogP contribution < -0.4 is 5.32 Å². The molecule has 2 N–H and O–H groups in total. The Morgan fingerprint density at radius 3 is 2.69 bits per heavy atom. The van der Waals surface area contributed by atoms with Gasteiger partial charge in [0.05, 0.1) is 11.3 Å². The molecule has 1 amide bonds. The minimum Gasteiger partial charge on any atom is -0.390 e. The van der Waals surface area contributed by atoms with E-state index in [0.717, 1.165) is 57.1 Å². The van der Waals surface area contributed by atoms with Gasteiger partial charge in [-0.25, -0.2) is 0 Å². The zero-order valence-corrected chi connectivity index (χ0v) is 21.2. The molecular formula is C30H37N3O2. The molecule has 1 saturated carbocycles. The molecule has 0 spiro atoms. The summed E-state index contributed by atoms with van der Waals surface area (Å²) in [4.78, 5) is 13.1. The number of benzene rings is 2. The van der Waals surface area contributed by atoms with Crippen LogP contribution in [-0.4, -0.2) is 26.4 Å². The van der Waals surface area contributed by atoms with Crippen LogP contribution in [0.15, 0.2) is 54.6 Å². The number of carbonyl (C=O) groups is 1. The van der Waals surface area contributed by atoms with Crippen LogP contribution >= 0.6 is 0 Å². The van der Waals surface area contributed by atoms with E-state index in [2.05, 4.69) is 59.8 Å². The Balaban J connectivity index is 1.52. The molecule has 5 rings (SSSR count). The van der Waals surface area contributed by atoms with Crippen molar-refractivity contribution >= 4 is 11.7 Å². The lowest BCUT2D eigenvalue weighted by molar-refractivity contribution is -0.0497. The molecular weight excluding hydrogens is 434 g/mol. The van der Waals surface area contributed by atoms with E-state index in [9.17, 15) is 9.90 Å². The Morgan fingerprint density at radius 2 is 1.97 bits per heavy atom. The summed E-state index contributed by atoms with van der Waals surface area (Å²) in [7, 11) is 1.84. The minimum atomic E-state index is -0.559. The zero-order valence-electron chi connectivity index (χ0n) is 21.2. The highest BCUT2D eigenvalue weighted by Crippen LogP contribution is 2.54. The molecule has 1 aromatic heterocycles. The summed E-state index contributed by atoms with van der Waals surface area (Å²) in [6.45, 7) is 4.04. The van der Waals surface area contributed by atoms with Gasteiger partial charge in [0.2, 0.25) is 0 Å². The lowest BCUT2D eigenvalue weighted by atomic mass is 9.55. The molecule has 3 aromatic rings. The number of hydrogen-bond donors (Lipinski definition) is 2. The number of aromatic nitrogens is 2. The Bertz CT molecular complexity index is 1220. The third kappa shape index (κ3) is 4.54. The average Bonchev–Trinajstić information content (AvgIpc) is 3.08. The summed E-state index contributed by atoms with van der Waals surface area (Å²) in [6.07, 6.45) is 7.62. The number of hydrogen-bond acceptors (Lipinski definition) is 3. The van der Waals surface area contributed by atoms with Crippen LogP contribution in [0.5, 0.6) is 0 Å². The highest BCUT2D eigenvalue weighted by molar-refractivity contribution is 6.04. The summed E-state index contributed by atoms with van der Waals surface area (Å²) in [5, 5.41) is 18.6. The summed E-state index contributed by atoms with van der Waals surface area (Å²) in [6, 6.07) is 19.0. The molecule has 2 aromatic carbocycles. The topological polar surface area (TPSA) is 67.2 Å². The predicted molar refractivity (Wildman–Crippen MR) is 140 cm³/mol. The molecule has 5 heteroatoms. The maximum absolute atomic E-state index is 13.1. The number of anilines is 1. The van der Waals surface area contributed by atoms with E-state index in [-0.39, 0.29) is 11.3 Å². The van der Waals surface area contributed by atoms with Crippen LogP contribution in [0, 0.1) is 12.8 Å². The number of rotatable bonds is 5. The van der Waals surface area contributed by atoms with Gasteiger partial charge in [-0.2, -0.15) is 5.10 Å². The normalized spacial score (nSPS) is 25.9. The zero-order chi connectivity index (χ0) is 24.6. The molecule has 2 aliphatic carbocycles. The fourth-order valence-electron chi connectivity index (χ4n) is 6.64. The fraction of sp³-hybridized carbons (Fsp3) is 0.467. The van der Waals surface area contributed by atoms with Gasteiger partial charge in [-0.1, -0.05) is 43.3 Å². The van der Waals surface area contributed by atoms with Gasteiger partial charge in [-0.15, -0.1) is 0 Å². The first-order valence-electron chi connectivity index (χ1n) is 13.0. The van der Waals surface area contributed by atoms with Gasteiger partial charge in [0.25, 0.3) is 5.91 Å². The van der Waals surface area contributed by atoms with Gasteiger partial charge in [-0.05, 0) is 93.0 Å². The van der Waals surface area contributed by atoms with E-state index in [4.69, 9.17) is 0 Å². The van der Waals surface area contributed by atoms with Crippen LogP contribution in [-0.2, 0) is 25.3 Å². The number of carbonyl (C=O) groups excluding carboxylic acids is 1. The van der Waals surface area contributed by atoms with Gasteiger partial charge < -0.3 is 10.4 Å². The van der Waals surface area contributed by atoms with Crippen molar-refractivity contribution in [1.29, 1.82) is 0 Å². The second kappa shape index (κ2) is 9.27. The standard InChI is InChI=1S/C30H37N3O2/c1-4-29(35)15-16-30(19-22-9-6-5-7-10-22)25(20-29)12-8-11-23-18-24(13-14-26(23)30)28(34)31-27-17-21(2)32-33(27)3/h5-7,9-10,13-14,17-18,25,35H,4,8,11-12,15-16,19-20H2,1-3H3,(H,31,34)/t25-,29+,30-/m0/s1. The molecule has 1 heterocycles. The summed E-state index contributed by atoms with van der Waals surface area (Å²) >= 11 is 0. The van der Waals surface area contributed by atoms with E-state index >= 15 is 0 Å². The maximum Gasteiger partial charge on any atom is 0.256 e. The Kier molecular flexibility index (Phi) is 6.30. The third-order valence-electron chi connectivity index (χ3n) is 8.61. The van der Waals surface area contributed by atoms with Crippen molar-refractivity contribution < 1.29 is 9.90 Å². The van der Waals surface area contributed by atoms with Crippen LogP contribution in [0.1, 0.15) is 78.2 Å². The lowest BCUT2D eigenvalue weighted by Gasteiger charge is -2.50. The van der Waals surface area contributed by atoms with Crippen molar-refractivity contribution in [1.82, 2.24) is 9.78 Å². The van der Waals surface area contributed by atoms with Crippen LogP contribution in [0.2, 0.25) is 0 Å². The number of aliphatic hydroxyl groups is 1. The molecule has 184 valence electrons. The van der Waals surface area contributed by atoms with Gasteiger partial charge in [0, 0.05) is 24.1 Å². The highest BCUT2D eigenvalue weighted by Gasteiger charge is 2.50. The fourth-order valence-corrected chi connectivity index (χ4v) is 6.64. The van der Waals surface area contributed by atoms with E-state index < -0.39 is 5.60 Å². The number of nitrogens with one attached hydrogen (secondary N) is 1. The van der Waals surface area contributed by atoms with Crippen LogP contribution in [0.4, 0.5) is 5.82 Å². The quantitative estimate of drug-likeness (QED) is 0.499. The predicted octanol–water partition coefficient (Wildman–Crippen LogP) is 5.74. The lowest BCUT2D eigenvalue weighted by Crippen LogP contribution is -2.48. The number of fused-ring (bicyclic) bond motifs is 3. The number of amides is 1. The van der Waals surface area contributed by atoms with E-state index in [1.807, 2.05) is 26.1 Å². The first-order valence-corrected chi connectivity index (χ1v) is 13.0. The summed E-state index contributed by atoms with van der Waals surface area (Å²) in [5.74, 6) is 1.03. The smallest absolute Gasteiger partial charge is 0.256 e. The van der Waals surface area contributed by atoms with Gasteiger partial charge in [0.15, 0.2) is 0 Å². The number of aryl methyl sites for hydroxylation is 3. The first kappa shape index (κ1) is 23.8. The molecule has 0 saturated heterocycles. The van der Waals surface area contributed by atoms with Crippen molar-refractivity contribution in [2.45, 2.75) is 76.2 Å². The monoisotopic (exact) mass is 471 g/mol. The molecule has 2 aliphatic rings. The molecule has 0 unspecified atom stereocenters. The Labute approximate surface area is 208 Å². The number of nitrogens with zero attached hydrogens (tertiary/aromatic N) is 2. The molecule has 1 fully saturated rings. The van der Waals surface area contributed by atoms with E-state index in [1.54, 1.807) is 4.68 Å². The van der Waals surface area contributed by atoms with Crippen molar-refractivity contribution in [3.63, 3.8) is 0 Å².